The fourth-order valence-corrected chi connectivity index (χ4v) is 2.05. The molecule has 2 nitrogen and oxygen atoms in total. The minimum absolute atomic E-state index is 0.139. The van der Waals surface area contributed by atoms with Crippen LogP contribution in [0.3, 0.4) is 0 Å². The molecule has 1 N–H and O–H groups in total. The maximum absolute atomic E-state index is 9.49. The summed E-state index contributed by atoms with van der Waals surface area (Å²) in [6, 6.07) is 0. The molecule has 0 rings (SSSR count). The van der Waals surface area contributed by atoms with Gasteiger partial charge in [-0.1, -0.05) is 39.2 Å². The Hall–Kier alpha value is 0.260. The second kappa shape index (κ2) is 12.3. The van der Waals surface area contributed by atoms with Gasteiger partial charge in [0.25, 0.3) is 0 Å². The van der Waals surface area contributed by atoms with Crippen molar-refractivity contribution < 1.29 is 9.63 Å². The summed E-state index contributed by atoms with van der Waals surface area (Å²) in [6.45, 7) is 7.05. The van der Waals surface area contributed by atoms with E-state index in [9.17, 15) is 5.11 Å². The number of aliphatic hydroxyl groups is 1. The van der Waals surface area contributed by atoms with E-state index in [1.807, 2.05) is 6.92 Å². The molecule has 4 heteroatoms. The van der Waals surface area contributed by atoms with Gasteiger partial charge in [0.05, 0.1) is 12.7 Å². The summed E-state index contributed by atoms with van der Waals surface area (Å²) in [4.78, 5) is 0. The molecule has 0 amide bonds. The molecular formula is C14H28O2P2. The van der Waals surface area contributed by atoms with Crippen molar-refractivity contribution >= 4 is 17.4 Å². The third-order valence-corrected chi connectivity index (χ3v) is 3.81. The van der Waals surface area contributed by atoms with E-state index >= 15 is 0 Å². The smallest absolute Gasteiger partial charge is 0.0693 e. The Labute approximate surface area is 116 Å². The normalized spacial score (nSPS) is 15.6. The summed E-state index contributed by atoms with van der Waals surface area (Å²) in [6.07, 6.45) is 9.23. The third kappa shape index (κ3) is 11.4. The van der Waals surface area contributed by atoms with Gasteiger partial charge < -0.3 is 9.63 Å². The molecule has 0 fully saturated rings. The number of allylic oxidation sites excluding steroid dienone is 3. The quantitative estimate of drug-likeness (QED) is 0.361. The highest BCUT2D eigenvalue weighted by atomic mass is 32.0. The highest BCUT2D eigenvalue weighted by molar-refractivity contribution is 8.00. The zero-order chi connectivity index (χ0) is 13.8. The Kier molecular flexibility index (Phi) is 12.5. The van der Waals surface area contributed by atoms with Crippen LogP contribution in [0.2, 0.25) is 0 Å². The average Bonchev–Trinajstić information content (AvgIpc) is 2.36. The van der Waals surface area contributed by atoms with Crippen molar-refractivity contribution in [2.75, 3.05) is 6.61 Å². The lowest BCUT2D eigenvalue weighted by atomic mass is 10.0. The minimum Gasteiger partial charge on any atom is -0.393 e. The molecule has 0 aromatic carbocycles. The van der Waals surface area contributed by atoms with E-state index in [1.54, 1.807) is 0 Å². The second-order valence-corrected chi connectivity index (χ2v) is 5.90. The molecule has 0 saturated heterocycles. The molecular weight excluding hydrogens is 262 g/mol. The average molecular weight is 290 g/mol. The van der Waals surface area contributed by atoms with Crippen LogP contribution < -0.4 is 0 Å². The lowest BCUT2D eigenvalue weighted by molar-refractivity contribution is 0.160. The molecule has 18 heavy (non-hydrogen) atoms. The second-order valence-electron chi connectivity index (χ2n) is 4.67. The van der Waals surface area contributed by atoms with Crippen molar-refractivity contribution in [2.24, 2.45) is 0 Å². The van der Waals surface area contributed by atoms with Crippen LogP contribution in [0.4, 0.5) is 0 Å². The van der Waals surface area contributed by atoms with Gasteiger partial charge in [-0.25, -0.2) is 0 Å². The SMILES string of the molecule is CC[C@@H](O)CCC(C)=CCCC(C)=CCOPP. The zero-order valence-electron chi connectivity index (χ0n) is 11.9. The van der Waals surface area contributed by atoms with Crippen molar-refractivity contribution in [3.05, 3.63) is 23.3 Å². The molecule has 0 aromatic rings. The molecule has 3 atom stereocenters. The van der Waals surface area contributed by atoms with Gasteiger partial charge in [-0.2, -0.15) is 0 Å². The molecule has 0 saturated carbocycles. The van der Waals surface area contributed by atoms with E-state index in [0.717, 1.165) is 38.7 Å². The fourth-order valence-electron chi connectivity index (χ4n) is 1.58. The van der Waals surface area contributed by atoms with E-state index in [0.29, 0.717) is 8.50 Å². The van der Waals surface area contributed by atoms with E-state index < -0.39 is 0 Å². The van der Waals surface area contributed by atoms with Gasteiger partial charge in [0.15, 0.2) is 0 Å². The van der Waals surface area contributed by atoms with Crippen molar-refractivity contribution in [3.8, 4) is 0 Å². The van der Waals surface area contributed by atoms with E-state index in [2.05, 4.69) is 34.9 Å². The third-order valence-electron chi connectivity index (χ3n) is 2.97. The Balaban J connectivity index is 3.75. The van der Waals surface area contributed by atoms with Crippen LogP contribution in [-0.2, 0) is 4.52 Å². The lowest BCUT2D eigenvalue weighted by Gasteiger charge is -2.07. The van der Waals surface area contributed by atoms with Crippen LogP contribution in [0, 0.1) is 0 Å². The summed E-state index contributed by atoms with van der Waals surface area (Å²) in [5.41, 5.74) is 2.77. The first kappa shape index (κ1) is 18.3. The molecule has 0 aliphatic heterocycles. The van der Waals surface area contributed by atoms with Gasteiger partial charge in [-0.3, -0.25) is 0 Å². The predicted octanol–water partition coefficient (Wildman–Crippen LogP) is 4.61. The molecule has 0 aromatic heterocycles. The van der Waals surface area contributed by atoms with Crippen LogP contribution >= 0.6 is 17.4 Å². The van der Waals surface area contributed by atoms with Crippen molar-refractivity contribution in [1.82, 2.24) is 0 Å². The van der Waals surface area contributed by atoms with E-state index in [-0.39, 0.29) is 6.10 Å². The van der Waals surface area contributed by atoms with E-state index in [1.165, 1.54) is 11.1 Å². The molecule has 0 aliphatic carbocycles. The topological polar surface area (TPSA) is 29.5 Å². The molecule has 0 aliphatic rings. The number of rotatable bonds is 10. The van der Waals surface area contributed by atoms with Crippen LogP contribution in [0.25, 0.3) is 0 Å². The van der Waals surface area contributed by atoms with Crippen LogP contribution in [0.1, 0.15) is 52.9 Å². The molecule has 2 unspecified atom stereocenters. The van der Waals surface area contributed by atoms with Gasteiger partial charge in [0.1, 0.15) is 0 Å². The first-order valence-electron chi connectivity index (χ1n) is 6.66. The summed E-state index contributed by atoms with van der Waals surface area (Å²) in [5, 5.41) is 9.49. The molecule has 0 radical (unpaired) electrons. The monoisotopic (exact) mass is 290 g/mol. The van der Waals surface area contributed by atoms with Gasteiger partial charge in [-0.15, -0.1) is 0 Å². The minimum atomic E-state index is -0.139. The van der Waals surface area contributed by atoms with E-state index in [4.69, 9.17) is 4.52 Å². The molecule has 106 valence electrons. The van der Waals surface area contributed by atoms with Crippen LogP contribution in [0.15, 0.2) is 23.3 Å². The standard InChI is InChI=1S/C14H28O2P2/c1-4-14(15)9-8-12(2)6-5-7-13(3)10-11-16-18-17/h6,10,14-15,18H,4-5,7-9,11,17H2,1-3H3/t14-/m1/s1. The largest absolute Gasteiger partial charge is 0.393 e. The Morgan fingerprint density at radius 3 is 2.56 bits per heavy atom. The summed E-state index contributed by atoms with van der Waals surface area (Å²) >= 11 is 0. The Morgan fingerprint density at radius 2 is 1.94 bits per heavy atom. The molecule has 0 bridgehead atoms. The van der Waals surface area contributed by atoms with Crippen molar-refractivity contribution in [1.29, 1.82) is 0 Å². The Morgan fingerprint density at radius 1 is 1.28 bits per heavy atom. The predicted molar refractivity (Wildman–Crippen MR) is 86.3 cm³/mol. The summed E-state index contributed by atoms with van der Waals surface area (Å²) < 4.78 is 5.28. The molecule has 0 spiro atoms. The number of hydrogen-bond acceptors (Lipinski definition) is 2. The van der Waals surface area contributed by atoms with Crippen LogP contribution in [0.5, 0.6) is 0 Å². The van der Waals surface area contributed by atoms with Gasteiger partial charge in [-0.05, 0) is 46.0 Å². The number of hydrogen-bond donors (Lipinski definition) is 1. The molecule has 0 heterocycles. The first-order chi connectivity index (χ1) is 8.60. The zero-order valence-corrected chi connectivity index (χ0v) is 14.1. The maximum Gasteiger partial charge on any atom is 0.0693 e. The fraction of sp³-hybridized carbons (Fsp3) is 0.714. The summed E-state index contributed by atoms with van der Waals surface area (Å²) in [5.74, 6) is 0. The first-order valence-corrected chi connectivity index (χ1v) is 9.38. The maximum atomic E-state index is 9.49. The van der Waals surface area contributed by atoms with Crippen LogP contribution in [-0.4, -0.2) is 17.8 Å². The summed E-state index contributed by atoms with van der Waals surface area (Å²) in [7, 11) is 3.07. The Bertz CT molecular complexity index is 263. The van der Waals surface area contributed by atoms with Gasteiger partial charge in [0, 0.05) is 8.50 Å². The number of aliphatic hydroxyl groups excluding tert-OH is 1. The highest BCUT2D eigenvalue weighted by Crippen LogP contribution is 2.21. The lowest BCUT2D eigenvalue weighted by Crippen LogP contribution is -2.03. The highest BCUT2D eigenvalue weighted by Gasteiger charge is 2.00. The van der Waals surface area contributed by atoms with Gasteiger partial charge in [0.2, 0.25) is 0 Å². The van der Waals surface area contributed by atoms with Crippen molar-refractivity contribution in [2.45, 2.75) is 59.0 Å². The van der Waals surface area contributed by atoms with Crippen molar-refractivity contribution in [3.63, 3.8) is 0 Å². The van der Waals surface area contributed by atoms with Gasteiger partial charge >= 0.3 is 0 Å².